The molecule has 0 aliphatic rings. The van der Waals surface area contributed by atoms with Crippen LogP contribution in [0.25, 0.3) is 5.03 Å². The molecule has 2 nitrogen and oxygen atoms in total. The van der Waals surface area contributed by atoms with E-state index in [2.05, 4.69) is 11.7 Å². The summed E-state index contributed by atoms with van der Waals surface area (Å²) in [6, 6.07) is 0. The first kappa shape index (κ1) is 11.1. The molecule has 0 spiro atoms. The highest BCUT2D eigenvalue weighted by atomic mass is 35.5. The van der Waals surface area contributed by atoms with Crippen LogP contribution >= 0.6 is 11.6 Å². The fourth-order valence-corrected chi connectivity index (χ4v) is 1.36. The van der Waals surface area contributed by atoms with Crippen LogP contribution in [-0.4, -0.2) is 9.78 Å². The van der Waals surface area contributed by atoms with E-state index in [1.165, 1.54) is 14.0 Å². The van der Waals surface area contributed by atoms with Gasteiger partial charge in [0.1, 0.15) is 0 Å². The van der Waals surface area contributed by atoms with Crippen LogP contribution < -0.4 is 0 Å². The van der Waals surface area contributed by atoms with Gasteiger partial charge in [-0.2, -0.15) is 18.3 Å². The Hall–Kier alpha value is -0.970. The van der Waals surface area contributed by atoms with Crippen molar-refractivity contribution in [2.24, 2.45) is 7.05 Å². The lowest BCUT2D eigenvalue weighted by molar-refractivity contribution is -0.141. The minimum Gasteiger partial charge on any atom is -0.272 e. The Morgan fingerprint density at radius 3 is 2.29 bits per heavy atom. The van der Waals surface area contributed by atoms with E-state index in [9.17, 15) is 13.2 Å². The first-order valence-electron chi connectivity index (χ1n) is 3.70. The summed E-state index contributed by atoms with van der Waals surface area (Å²) >= 11 is 5.49. The quantitative estimate of drug-likeness (QED) is 0.717. The third kappa shape index (κ3) is 1.77. The number of hydrogen-bond acceptors (Lipinski definition) is 1. The van der Waals surface area contributed by atoms with E-state index in [1.54, 1.807) is 0 Å². The van der Waals surface area contributed by atoms with Gasteiger partial charge in [-0.05, 0) is 6.92 Å². The molecule has 0 bridgehead atoms. The van der Waals surface area contributed by atoms with Crippen molar-refractivity contribution >= 4 is 16.6 Å². The summed E-state index contributed by atoms with van der Waals surface area (Å²) in [5.74, 6) is 0. The lowest BCUT2D eigenvalue weighted by Crippen LogP contribution is -2.08. The number of aryl methyl sites for hydroxylation is 1. The first-order valence-corrected chi connectivity index (χ1v) is 4.08. The highest BCUT2D eigenvalue weighted by Crippen LogP contribution is 2.36. The fourth-order valence-electron chi connectivity index (χ4n) is 1.13. The number of halogens is 4. The summed E-state index contributed by atoms with van der Waals surface area (Å²) in [5, 5.41) is 3.20. The summed E-state index contributed by atoms with van der Waals surface area (Å²) in [4.78, 5) is 0. The molecule has 0 saturated carbocycles. The van der Waals surface area contributed by atoms with E-state index in [-0.39, 0.29) is 10.6 Å². The zero-order chi connectivity index (χ0) is 11.1. The van der Waals surface area contributed by atoms with Gasteiger partial charge in [-0.25, -0.2) is 0 Å². The lowest BCUT2D eigenvalue weighted by atomic mass is 10.2. The van der Waals surface area contributed by atoms with Crippen LogP contribution in [0.5, 0.6) is 0 Å². The number of hydrogen-bond donors (Lipinski definition) is 0. The molecule has 0 unspecified atom stereocenters. The van der Waals surface area contributed by atoms with Gasteiger partial charge >= 0.3 is 6.18 Å². The van der Waals surface area contributed by atoms with Gasteiger partial charge in [-0.1, -0.05) is 18.2 Å². The normalized spacial score (nSPS) is 11.9. The molecule has 14 heavy (non-hydrogen) atoms. The number of alkyl halides is 3. The summed E-state index contributed by atoms with van der Waals surface area (Å²) < 4.78 is 38.4. The minimum atomic E-state index is -4.50. The number of nitrogens with zero attached hydrogens (tertiary/aromatic N) is 2. The van der Waals surface area contributed by atoms with Crippen LogP contribution in [0.2, 0.25) is 0 Å². The van der Waals surface area contributed by atoms with Gasteiger partial charge in [-0.15, -0.1) is 0 Å². The lowest BCUT2D eigenvalue weighted by Gasteiger charge is -2.04. The van der Waals surface area contributed by atoms with Gasteiger partial charge in [0.2, 0.25) is 0 Å². The molecule has 0 fully saturated rings. The molecule has 1 aromatic heterocycles. The summed E-state index contributed by atoms with van der Waals surface area (Å²) in [6.45, 7) is 4.79. The van der Waals surface area contributed by atoms with Crippen molar-refractivity contribution in [3.63, 3.8) is 0 Å². The third-order valence-corrected chi connectivity index (χ3v) is 2.06. The SMILES string of the molecule is C=C(Cl)c1c(C(F)(F)F)nn(C)c1C. The molecule has 0 saturated heterocycles. The molecular formula is C8H8ClF3N2. The summed E-state index contributed by atoms with van der Waals surface area (Å²) in [6.07, 6.45) is -4.50. The van der Waals surface area contributed by atoms with Crippen molar-refractivity contribution in [3.8, 4) is 0 Å². The Balaban J connectivity index is 3.45. The summed E-state index contributed by atoms with van der Waals surface area (Å²) in [5.41, 5.74) is -0.781. The first-order chi connectivity index (χ1) is 6.25. The molecule has 0 radical (unpaired) electrons. The van der Waals surface area contributed by atoms with E-state index >= 15 is 0 Å². The van der Waals surface area contributed by atoms with Gasteiger partial charge < -0.3 is 0 Å². The Morgan fingerprint density at radius 2 is 2.00 bits per heavy atom. The highest BCUT2D eigenvalue weighted by Gasteiger charge is 2.38. The third-order valence-electron chi connectivity index (χ3n) is 1.87. The average Bonchev–Trinajstić information content (AvgIpc) is 2.27. The smallest absolute Gasteiger partial charge is 0.272 e. The molecule has 0 aliphatic carbocycles. The zero-order valence-corrected chi connectivity index (χ0v) is 8.37. The second-order valence-corrected chi connectivity index (χ2v) is 3.29. The monoisotopic (exact) mass is 224 g/mol. The highest BCUT2D eigenvalue weighted by molar-refractivity contribution is 6.48. The van der Waals surface area contributed by atoms with Crippen LogP contribution in [0.15, 0.2) is 6.58 Å². The van der Waals surface area contributed by atoms with Crippen LogP contribution in [0, 0.1) is 6.92 Å². The van der Waals surface area contributed by atoms with Crippen molar-refractivity contribution in [1.29, 1.82) is 0 Å². The number of rotatable bonds is 1. The van der Waals surface area contributed by atoms with Crippen LogP contribution in [0.4, 0.5) is 13.2 Å². The van der Waals surface area contributed by atoms with E-state index in [1.807, 2.05) is 0 Å². The van der Waals surface area contributed by atoms with Crippen molar-refractivity contribution in [1.82, 2.24) is 9.78 Å². The average molecular weight is 225 g/mol. The standard InChI is InChI=1S/C8H8ClF3N2/c1-4(9)6-5(2)14(3)13-7(6)8(10,11)12/h1H2,2-3H3. The predicted octanol–water partition coefficient (Wildman–Crippen LogP) is 2.96. The van der Waals surface area contributed by atoms with Gasteiger partial charge in [-0.3, -0.25) is 4.68 Å². The minimum absolute atomic E-state index is 0.137. The van der Waals surface area contributed by atoms with E-state index < -0.39 is 11.9 Å². The molecular weight excluding hydrogens is 217 g/mol. The van der Waals surface area contributed by atoms with Crippen LogP contribution in [0.1, 0.15) is 17.0 Å². The second kappa shape index (κ2) is 3.31. The molecule has 0 atom stereocenters. The maximum Gasteiger partial charge on any atom is 0.435 e. The maximum absolute atomic E-state index is 12.4. The van der Waals surface area contributed by atoms with Crippen molar-refractivity contribution in [3.05, 3.63) is 23.5 Å². The van der Waals surface area contributed by atoms with Gasteiger partial charge in [0.15, 0.2) is 5.69 Å². The Labute approximate surface area is 84.0 Å². The molecule has 0 N–H and O–H groups in total. The molecule has 1 heterocycles. The van der Waals surface area contributed by atoms with E-state index in [0.29, 0.717) is 5.69 Å². The van der Waals surface area contributed by atoms with Crippen molar-refractivity contribution < 1.29 is 13.2 Å². The fraction of sp³-hybridized carbons (Fsp3) is 0.375. The van der Waals surface area contributed by atoms with Crippen LogP contribution in [0.3, 0.4) is 0 Å². The largest absolute Gasteiger partial charge is 0.435 e. The molecule has 6 heteroatoms. The predicted molar refractivity (Wildman–Crippen MR) is 47.8 cm³/mol. The molecule has 78 valence electrons. The topological polar surface area (TPSA) is 17.8 Å². The van der Waals surface area contributed by atoms with Gasteiger partial charge in [0, 0.05) is 23.3 Å². The Morgan fingerprint density at radius 1 is 1.50 bits per heavy atom. The molecule has 0 amide bonds. The molecule has 0 aromatic carbocycles. The maximum atomic E-state index is 12.4. The molecule has 1 aromatic rings. The van der Waals surface area contributed by atoms with Crippen molar-refractivity contribution in [2.45, 2.75) is 13.1 Å². The van der Waals surface area contributed by atoms with Gasteiger partial charge in [0.05, 0.1) is 0 Å². The Bertz CT molecular complexity index is 379. The summed E-state index contributed by atoms with van der Waals surface area (Å²) in [7, 11) is 1.42. The molecule has 1 rings (SSSR count). The second-order valence-electron chi connectivity index (χ2n) is 2.84. The number of aromatic nitrogens is 2. The van der Waals surface area contributed by atoms with Gasteiger partial charge in [0.25, 0.3) is 0 Å². The zero-order valence-electron chi connectivity index (χ0n) is 7.61. The Kier molecular flexibility index (Phi) is 2.63. The van der Waals surface area contributed by atoms with Crippen molar-refractivity contribution in [2.75, 3.05) is 0 Å². The van der Waals surface area contributed by atoms with E-state index in [0.717, 1.165) is 4.68 Å². The molecule has 0 aliphatic heterocycles. The van der Waals surface area contributed by atoms with E-state index in [4.69, 9.17) is 11.6 Å². The van der Waals surface area contributed by atoms with Crippen LogP contribution in [-0.2, 0) is 13.2 Å².